The second-order valence-corrected chi connectivity index (χ2v) is 9.44. The van der Waals surface area contributed by atoms with E-state index in [1.165, 1.54) is 18.4 Å². The van der Waals surface area contributed by atoms with Crippen molar-refractivity contribution >= 4 is 9.84 Å². The molecule has 1 aliphatic heterocycles. The number of aliphatic hydroxyl groups excluding tert-OH is 1. The third kappa shape index (κ3) is 3.10. The minimum Gasteiger partial charge on any atom is -0.392 e. The molecule has 7 heteroatoms. The summed E-state index contributed by atoms with van der Waals surface area (Å²) in [5.41, 5.74) is 3.51. The highest BCUT2D eigenvalue weighted by atomic mass is 32.2. The molecule has 1 aromatic heterocycles. The molecule has 1 N–H and O–H groups in total. The summed E-state index contributed by atoms with van der Waals surface area (Å²) in [7, 11) is -3.09. The molecule has 0 bridgehead atoms. The second kappa shape index (κ2) is 6.32. The van der Waals surface area contributed by atoms with Crippen LogP contribution >= 0.6 is 0 Å². The number of rotatable bonds is 3. The molecule has 4 rings (SSSR count). The van der Waals surface area contributed by atoms with Gasteiger partial charge >= 0.3 is 0 Å². The Balaban J connectivity index is 1.67. The Morgan fingerprint density at radius 3 is 2.96 bits per heavy atom. The highest BCUT2D eigenvalue weighted by Crippen LogP contribution is 2.46. The lowest BCUT2D eigenvalue weighted by Gasteiger charge is -2.29. The van der Waals surface area contributed by atoms with Crippen LogP contribution in [0.1, 0.15) is 30.9 Å². The number of imidazole rings is 1. The molecule has 26 heavy (non-hydrogen) atoms. The minimum atomic E-state index is -3.09. The number of hydrogen-bond donors (Lipinski definition) is 1. The average Bonchev–Trinajstić information content (AvgIpc) is 3.08. The van der Waals surface area contributed by atoms with Gasteiger partial charge in [0, 0.05) is 17.7 Å². The summed E-state index contributed by atoms with van der Waals surface area (Å²) < 4.78 is 38.9. The average molecular weight is 376 g/mol. The molecule has 0 amide bonds. The van der Waals surface area contributed by atoms with Crippen molar-refractivity contribution in [3.63, 3.8) is 0 Å². The Bertz CT molecular complexity index is 980. The van der Waals surface area contributed by atoms with E-state index in [1.807, 2.05) is 10.6 Å². The normalized spacial score (nSPS) is 25.3. The number of fused-ring (bicyclic) bond motifs is 3. The van der Waals surface area contributed by atoms with Gasteiger partial charge in [-0.15, -0.1) is 0 Å². The van der Waals surface area contributed by atoms with Crippen LogP contribution in [0.15, 0.2) is 42.4 Å². The van der Waals surface area contributed by atoms with Gasteiger partial charge in [-0.1, -0.05) is 17.7 Å². The van der Waals surface area contributed by atoms with Crippen molar-refractivity contribution in [3.8, 4) is 11.3 Å². The Morgan fingerprint density at radius 2 is 2.19 bits per heavy atom. The van der Waals surface area contributed by atoms with E-state index in [2.05, 4.69) is 4.98 Å². The van der Waals surface area contributed by atoms with Gasteiger partial charge in [0.05, 0.1) is 36.1 Å². The lowest BCUT2D eigenvalue weighted by Crippen LogP contribution is -2.28. The van der Waals surface area contributed by atoms with Gasteiger partial charge in [-0.3, -0.25) is 0 Å². The molecule has 2 aromatic rings. The summed E-state index contributed by atoms with van der Waals surface area (Å²) in [4.78, 5) is 4.20. The van der Waals surface area contributed by atoms with Crippen molar-refractivity contribution in [1.29, 1.82) is 0 Å². The van der Waals surface area contributed by atoms with Crippen LogP contribution in [0.2, 0.25) is 0 Å². The topological polar surface area (TPSA) is 72.2 Å². The van der Waals surface area contributed by atoms with Gasteiger partial charge in [-0.25, -0.2) is 17.8 Å². The fourth-order valence-corrected chi connectivity index (χ4v) is 5.21. The Labute approximate surface area is 152 Å². The molecule has 0 saturated heterocycles. The van der Waals surface area contributed by atoms with Crippen LogP contribution in [0.5, 0.6) is 0 Å². The summed E-state index contributed by atoms with van der Waals surface area (Å²) >= 11 is 0. The number of aliphatic hydroxyl groups is 1. The van der Waals surface area contributed by atoms with Gasteiger partial charge in [-0.05, 0) is 37.0 Å². The van der Waals surface area contributed by atoms with Crippen molar-refractivity contribution in [1.82, 2.24) is 9.55 Å². The van der Waals surface area contributed by atoms with Crippen LogP contribution in [0.4, 0.5) is 4.39 Å². The zero-order valence-corrected chi connectivity index (χ0v) is 15.3. The molecular weight excluding hydrogens is 355 g/mol. The van der Waals surface area contributed by atoms with Gasteiger partial charge in [0.1, 0.15) is 5.82 Å². The maximum atomic E-state index is 13.7. The smallest absolute Gasteiger partial charge is 0.151 e. The van der Waals surface area contributed by atoms with E-state index in [-0.39, 0.29) is 23.5 Å². The molecule has 1 aromatic carbocycles. The van der Waals surface area contributed by atoms with Crippen LogP contribution in [-0.4, -0.2) is 41.2 Å². The first kappa shape index (κ1) is 17.4. The Kier molecular flexibility index (Phi) is 4.23. The van der Waals surface area contributed by atoms with Crippen molar-refractivity contribution in [2.45, 2.75) is 31.4 Å². The zero-order valence-electron chi connectivity index (χ0n) is 14.5. The van der Waals surface area contributed by atoms with Crippen molar-refractivity contribution in [2.24, 2.45) is 5.92 Å². The molecule has 0 spiro atoms. The molecule has 5 nitrogen and oxygen atoms in total. The maximum Gasteiger partial charge on any atom is 0.151 e. The quantitative estimate of drug-likeness (QED) is 0.836. The first-order chi connectivity index (χ1) is 12.3. The van der Waals surface area contributed by atoms with Gasteiger partial charge in [0.15, 0.2) is 9.84 Å². The standard InChI is InChI=1S/C19H21FN2O3S/c1-26(24,25)10-12-2-5-15(18(23)7-3-12)19-14-6-4-13(20)8-16(14)17-9-21-11-22(17)19/h3-4,6,8-9,11,15,18-19,23H,2,5,7,10H2,1H3/t15-,18-,19-/m1/s1. The third-order valence-corrected chi connectivity index (χ3v) is 6.27. The molecule has 1 aliphatic carbocycles. The highest BCUT2D eigenvalue weighted by Gasteiger charge is 2.38. The molecule has 2 aliphatic rings. The van der Waals surface area contributed by atoms with Gasteiger partial charge in [-0.2, -0.15) is 0 Å². The van der Waals surface area contributed by atoms with Crippen LogP contribution in [-0.2, 0) is 9.84 Å². The second-order valence-electron chi connectivity index (χ2n) is 7.30. The number of aromatic nitrogens is 2. The SMILES string of the molecule is CS(=O)(=O)CC1=CC[C@@H](O)[C@H]([C@H]2c3ccc(F)cc3-c3cncn32)CC1. The monoisotopic (exact) mass is 376 g/mol. The van der Waals surface area contributed by atoms with Crippen molar-refractivity contribution in [2.75, 3.05) is 12.0 Å². The van der Waals surface area contributed by atoms with Crippen LogP contribution < -0.4 is 0 Å². The lowest BCUT2D eigenvalue weighted by molar-refractivity contribution is 0.0865. The van der Waals surface area contributed by atoms with Crippen LogP contribution in [0.25, 0.3) is 11.3 Å². The number of nitrogens with zero attached hydrogens (tertiary/aromatic N) is 2. The molecule has 0 unspecified atom stereocenters. The van der Waals surface area contributed by atoms with E-state index in [0.29, 0.717) is 19.3 Å². The summed E-state index contributed by atoms with van der Waals surface area (Å²) in [6.07, 6.45) is 7.66. The first-order valence-corrected chi connectivity index (χ1v) is 10.7. The van der Waals surface area contributed by atoms with E-state index in [9.17, 15) is 17.9 Å². The predicted molar refractivity (Wildman–Crippen MR) is 96.9 cm³/mol. The van der Waals surface area contributed by atoms with E-state index < -0.39 is 15.9 Å². The summed E-state index contributed by atoms with van der Waals surface area (Å²) in [6, 6.07) is 4.62. The predicted octanol–water partition coefficient (Wildman–Crippen LogP) is 2.72. The van der Waals surface area contributed by atoms with E-state index in [0.717, 1.165) is 22.4 Å². The first-order valence-electron chi connectivity index (χ1n) is 8.69. The summed E-state index contributed by atoms with van der Waals surface area (Å²) in [5, 5.41) is 10.8. The van der Waals surface area contributed by atoms with Gasteiger partial charge in [0.25, 0.3) is 0 Å². The molecule has 0 radical (unpaired) electrons. The van der Waals surface area contributed by atoms with Crippen LogP contribution in [0.3, 0.4) is 0 Å². The molecule has 0 fully saturated rings. The third-order valence-electron chi connectivity index (χ3n) is 5.37. The van der Waals surface area contributed by atoms with E-state index in [4.69, 9.17) is 0 Å². The maximum absolute atomic E-state index is 13.7. The highest BCUT2D eigenvalue weighted by molar-refractivity contribution is 7.90. The number of sulfone groups is 1. The van der Waals surface area contributed by atoms with Crippen LogP contribution in [0, 0.1) is 11.7 Å². The number of halogens is 1. The fourth-order valence-electron chi connectivity index (χ4n) is 4.27. The summed E-state index contributed by atoms with van der Waals surface area (Å²) in [5.74, 6) is -0.353. The van der Waals surface area contributed by atoms with E-state index in [1.54, 1.807) is 18.6 Å². The number of benzene rings is 1. The fraction of sp³-hybridized carbons (Fsp3) is 0.421. The molecular formula is C19H21FN2O3S. The Morgan fingerprint density at radius 1 is 1.38 bits per heavy atom. The van der Waals surface area contributed by atoms with Crippen molar-refractivity contribution < 1.29 is 17.9 Å². The zero-order chi connectivity index (χ0) is 18.5. The largest absolute Gasteiger partial charge is 0.392 e. The molecule has 3 atom stereocenters. The van der Waals surface area contributed by atoms with Gasteiger partial charge < -0.3 is 9.67 Å². The Hall–Kier alpha value is -1.99. The van der Waals surface area contributed by atoms with Crippen molar-refractivity contribution in [3.05, 3.63) is 53.8 Å². The molecule has 138 valence electrons. The molecule has 0 saturated carbocycles. The molecule has 2 heterocycles. The van der Waals surface area contributed by atoms with Gasteiger partial charge in [0.2, 0.25) is 0 Å². The lowest BCUT2D eigenvalue weighted by atomic mass is 9.84. The minimum absolute atomic E-state index is 0.0369. The summed E-state index contributed by atoms with van der Waals surface area (Å²) in [6.45, 7) is 0. The number of hydrogen-bond acceptors (Lipinski definition) is 4. The van der Waals surface area contributed by atoms with E-state index >= 15 is 0 Å².